The van der Waals surface area contributed by atoms with Crippen LogP contribution >= 0.6 is 0 Å². The molecule has 0 aliphatic heterocycles. The monoisotopic (exact) mass is 302 g/mol. The van der Waals surface area contributed by atoms with Crippen LogP contribution in [0.1, 0.15) is 26.2 Å². The summed E-state index contributed by atoms with van der Waals surface area (Å²) in [6.45, 7) is 0.909. The van der Waals surface area contributed by atoms with Gasteiger partial charge in [-0.1, -0.05) is 6.92 Å². The first-order valence-electron chi connectivity index (χ1n) is 4.77. The van der Waals surface area contributed by atoms with Gasteiger partial charge in [0.25, 0.3) is 27.9 Å². The van der Waals surface area contributed by atoms with Crippen molar-refractivity contribution in [2.45, 2.75) is 44.0 Å². The predicted molar refractivity (Wildman–Crippen MR) is 50.8 cm³/mol. The van der Waals surface area contributed by atoms with Gasteiger partial charge in [0.05, 0.1) is 12.8 Å². The summed E-state index contributed by atoms with van der Waals surface area (Å²) in [5.74, 6) is -15.0. The number of hydrogen-bond donors (Lipinski definition) is 1. The van der Waals surface area contributed by atoms with E-state index in [0.29, 0.717) is 0 Å². The Morgan fingerprint density at radius 3 is 1.61 bits per heavy atom. The van der Waals surface area contributed by atoms with Crippen LogP contribution in [0, 0.1) is 0 Å². The second-order valence-electron chi connectivity index (χ2n) is 4.00. The Hall–Kier alpha value is -0.510. The van der Waals surface area contributed by atoms with Gasteiger partial charge in [-0.2, -0.15) is 8.42 Å². The summed E-state index contributed by atoms with van der Waals surface area (Å²) in [4.78, 5) is 0. The molecular formula is C8H12F6O3S. The molecule has 0 aliphatic rings. The van der Waals surface area contributed by atoms with Crippen molar-refractivity contribution in [1.29, 1.82) is 0 Å². The SMILES string of the molecule is CCC(F)(F)CC(F)(F)CC(F)(F)CS(=O)(=O)O. The molecule has 0 saturated carbocycles. The third kappa shape index (κ3) is 7.75. The zero-order valence-electron chi connectivity index (χ0n) is 9.27. The van der Waals surface area contributed by atoms with Crippen LogP contribution in [0.25, 0.3) is 0 Å². The fourth-order valence-corrected chi connectivity index (χ4v) is 1.90. The first kappa shape index (κ1) is 17.5. The number of alkyl halides is 6. The highest BCUT2D eigenvalue weighted by atomic mass is 32.2. The summed E-state index contributed by atoms with van der Waals surface area (Å²) in [6.07, 6.45) is -5.42. The highest BCUT2D eigenvalue weighted by molar-refractivity contribution is 7.85. The molecule has 0 unspecified atom stereocenters. The smallest absolute Gasteiger partial charge is 0.270 e. The van der Waals surface area contributed by atoms with E-state index in [-0.39, 0.29) is 0 Å². The maximum absolute atomic E-state index is 12.9. The minimum Gasteiger partial charge on any atom is -0.285 e. The van der Waals surface area contributed by atoms with Crippen molar-refractivity contribution in [3.63, 3.8) is 0 Å². The lowest BCUT2D eigenvalue weighted by Crippen LogP contribution is -2.38. The lowest BCUT2D eigenvalue weighted by molar-refractivity contribution is -0.151. The van der Waals surface area contributed by atoms with Gasteiger partial charge in [-0.15, -0.1) is 0 Å². The van der Waals surface area contributed by atoms with E-state index in [4.69, 9.17) is 4.55 Å². The van der Waals surface area contributed by atoms with E-state index in [1.54, 1.807) is 0 Å². The Kier molecular flexibility index (Phi) is 5.09. The van der Waals surface area contributed by atoms with Crippen LogP contribution in [-0.4, -0.2) is 36.5 Å². The molecule has 0 atom stereocenters. The van der Waals surface area contributed by atoms with Crippen LogP contribution in [0.15, 0.2) is 0 Å². The van der Waals surface area contributed by atoms with Crippen molar-refractivity contribution < 1.29 is 39.3 Å². The minimum atomic E-state index is -5.17. The summed E-state index contributed by atoms with van der Waals surface area (Å²) in [5, 5.41) is 0. The van der Waals surface area contributed by atoms with E-state index in [0.717, 1.165) is 6.92 Å². The Morgan fingerprint density at radius 1 is 0.889 bits per heavy atom. The summed E-state index contributed by atoms with van der Waals surface area (Å²) >= 11 is 0. The van der Waals surface area contributed by atoms with Crippen molar-refractivity contribution in [1.82, 2.24) is 0 Å². The van der Waals surface area contributed by atoms with Crippen LogP contribution in [0.2, 0.25) is 0 Å². The predicted octanol–water partition coefficient (Wildman–Crippen LogP) is 2.97. The molecule has 10 heteroatoms. The Balaban J connectivity index is 4.76. The molecule has 3 nitrogen and oxygen atoms in total. The molecule has 0 saturated heterocycles. The molecule has 18 heavy (non-hydrogen) atoms. The quantitative estimate of drug-likeness (QED) is 0.581. The van der Waals surface area contributed by atoms with Gasteiger partial charge in [-0.3, -0.25) is 4.55 Å². The Labute approximate surface area is 99.9 Å². The van der Waals surface area contributed by atoms with Crippen molar-refractivity contribution in [3.8, 4) is 0 Å². The third-order valence-corrected chi connectivity index (χ3v) is 2.73. The molecule has 0 spiro atoms. The van der Waals surface area contributed by atoms with Crippen LogP contribution in [0.4, 0.5) is 26.3 Å². The normalized spacial score (nSPS) is 14.9. The van der Waals surface area contributed by atoms with Gasteiger partial charge in [-0.25, -0.2) is 26.3 Å². The van der Waals surface area contributed by atoms with E-state index in [9.17, 15) is 34.8 Å². The molecule has 0 rings (SSSR count). The van der Waals surface area contributed by atoms with Crippen LogP contribution < -0.4 is 0 Å². The van der Waals surface area contributed by atoms with Crippen molar-refractivity contribution >= 4 is 10.1 Å². The molecule has 1 N–H and O–H groups in total. The lowest BCUT2D eigenvalue weighted by atomic mass is 10.0. The third-order valence-electron chi connectivity index (χ3n) is 1.95. The van der Waals surface area contributed by atoms with Crippen molar-refractivity contribution in [2.75, 3.05) is 5.75 Å². The maximum atomic E-state index is 12.9. The largest absolute Gasteiger partial charge is 0.285 e. The lowest BCUT2D eigenvalue weighted by Gasteiger charge is -2.25. The van der Waals surface area contributed by atoms with E-state index < -0.39 is 52.9 Å². The Morgan fingerprint density at radius 2 is 1.28 bits per heavy atom. The number of rotatable bonds is 7. The highest BCUT2D eigenvalue weighted by Gasteiger charge is 2.50. The van der Waals surface area contributed by atoms with Gasteiger partial charge in [0, 0.05) is 6.42 Å². The molecule has 0 amide bonds. The van der Waals surface area contributed by atoms with Crippen LogP contribution in [0.5, 0.6) is 0 Å². The molecule has 0 fully saturated rings. The van der Waals surface area contributed by atoms with E-state index in [1.165, 1.54) is 0 Å². The molecule has 0 bridgehead atoms. The molecule has 0 radical (unpaired) electrons. The second kappa shape index (κ2) is 5.24. The molecule has 110 valence electrons. The van der Waals surface area contributed by atoms with Gasteiger partial charge in [0.1, 0.15) is 5.75 Å². The number of halogens is 6. The molecule has 0 aromatic carbocycles. The fourth-order valence-electron chi connectivity index (χ4n) is 1.26. The van der Waals surface area contributed by atoms with Gasteiger partial charge in [0.2, 0.25) is 0 Å². The topological polar surface area (TPSA) is 54.4 Å². The first-order valence-corrected chi connectivity index (χ1v) is 6.38. The summed E-state index contributed by atoms with van der Waals surface area (Å²) in [6, 6.07) is 0. The minimum absolute atomic E-state index is 0.909. The molecule has 0 aromatic rings. The van der Waals surface area contributed by atoms with Gasteiger partial charge in [-0.05, 0) is 0 Å². The molecular weight excluding hydrogens is 290 g/mol. The average molecular weight is 302 g/mol. The van der Waals surface area contributed by atoms with Crippen molar-refractivity contribution in [2.24, 2.45) is 0 Å². The summed E-state index contributed by atoms with van der Waals surface area (Å²) in [5.41, 5.74) is 0. The maximum Gasteiger partial charge on any atom is 0.270 e. The summed E-state index contributed by atoms with van der Waals surface area (Å²) < 4.78 is 105. The molecule has 0 aromatic heterocycles. The fraction of sp³-hybridized carbons (Fsp3) is 1.00. The highest BCUT2D eigenvalue weighted by Crippen LogP contribution is 2.39. The summed E-state index contributed by atoms with van der Waals surface area (Å²) in [7, 11) is -5.17. The second-order valence-corrected chi connectivity index (χ2v) is 5.45. The van der Waals surface area contributed by atoms with Crippen LogP contribution in [-0.2, 0) is 10.1 Å². The first-order chi connectivity index (χ1) is 7.68. The average Bonchev–Trinajstić information content (AvgIpc) is 1.93. The van der Waals surface area contributed by atoms with Crippen LogP contribution in [0.3, 0.4) is 0 Å². The van der Waals surface area contributed by atoms with E-state index >= 15 is 0 Å². The zero-order valence-corrected chi connectivity index (χ0v) is 10.1. The zero-order chi connectivity index (χ0) is 14.8. The standard InChI is InChI=1S/C8H12F6O3S/c1-2-6(9,10)3-7(11,12)4-8(13,14)5-18(15,16)17/h2-5H2,1H3,(H,15,16,17). The van der Waals surface area contributed by atoms with Gasteiger partial charge < -0.3 is 0 Å². The van der Waals surface area contributed by atoms with E-state index in [2.05, 4.69) is 0 Å². The molecule has 0 aliphatic carbocycles. The van der Waals surface area contributed by atoms with E-state index in [1.807, 2.05) is 0 Å². The Bertz CT molecular complexity index is 378. The number of hydrogen-bond acceptors (Lipinski definition) is 2. The van der Waals surface area contributed by atoms with Gasteiger partial charge in [0.15, 0.2) is 0 Å². The van der Waals surface area contributed by atoms with Gasteiger partial charge >= 0.3 is 0 Å². The molecule has 0 heterocycles. The van der Waals surface area contributed by atoms with Crippen molar-refractivity contribution in [3.05, 3.63) is 0 Å².